The number of allylic oxidation sites excluding steroid dienone is 1. The first-order valence-electron chi connectivity index (χ1n) is 15.4. The number of amides is 3. The Balaban J connectivity index is 1.37. The lowest BCUT2D eigenvalue weighted by Crippen LogP contribution is -2.55. The molecule has 1 aromatic rings. The van der Waals surface area contributed by atoms with E-state index in [9.17, 15) is 32.6 Å². The van der Waals surface area contributed by atoms with Crippen molar-refractivity contribution in [1.29, 1.82) is 0 Å². The van der Waals surface area contributed by atoms with Crippen LogP contribution in [0.3, 0.4) is 0 Å². The third-order valence-electron chi connectivity index (χ3n) is 9.53. The Morgan fingerprint density at radius 3 is 2.50 bits per heavy atom. The third-order valence-corrected chi connectivity index (χ3v) is 12.2. The van der Waals surface area contributed by atoms with Gasteiger partial charge in [-0.15, -0.1) is 0 Å². The van der Waals surface area contributed by atoms with Crippen molar-refractivity contribution < 1.29 is 32.6 Å². The van der Waals surface area contributed by atoms with E-state index in [0.29, 0.717) is 44.6 Å². The highest BCUT2D eigenvalue weighted by molar-refractivity contribution is 7.59. The van der Waals surface area contributed by atoms with Gasteiger partial charge in [0.25, 0.3) is 0 Å². The van der Waals surface area contributed by atoms with Crippen molar-refractivity contribution in [3.05, 3.63) is 47.5 Å². The van der Waals surface area contributed by atoms with Gasteiger partial charge in [0.1, 0.15) is 29.0 Å². The van der Waals surface area contributed by atoms with Crippen molar-refractivity contribution in [3.8, 4) is 0 Å². The molecular formula is C31H42F2N3O5P. The molecule has 3 amide bonds. The van der Waals surface area contributed by atoms with E-state index < -0.39 is 59.9 Å². The van der Waals surface area contributed by atoms with Gasteiger partial charge in [0.2, 0.25) is 25.1 Å². The van der Waals surface area contributed by atoms with Crippen molar-refractivity contribution in [2.75, 3.05) is 6.54 Å². The molecule has 3 N–H and O–H groups in total. The van der Waals surface area contributed by atoms with Crippen LogP contribution >= 0.6 is 7.37 Å². The van der Waals surface area contributed by atoms with Gasteiger partial charge in [-0.2, -0.15) is 0 Å². The summed E-state index contributed by atoms with van der Waals surface area (Å²) in [5.74, 6) is -2.94. The maximum atomic E-state index is 14.5. The highest BCUT2D eigenvalue weighted by Crippen LogP contribution is 2.71. The number of hydrogen-bond donors (Lipinski definition) is 3. The summed E-state index contributed by atoms with van der Waals surface area (Å²) in [6, 6.07) is 1.69. The lowest BCUT2D eigenvalue weighted by Gasteiger charge is -2.31. The minimum atomic E-state index is -4.37. The van der Waals surface area contributed by atoms with Gasteiger partial charge >= 0.3 is 0 Å². The molecule has 0 aromatic heterocycles. The summed E-state index contributed by atoms with van der Waals surface area (Å²) in [6.07, 6.45) is 12.4. The Hall–Kier alpha value is -2.58. The Bertz CT molecular complexity index is 1250. The van der Waals surface area contributed by atoms with Gasteiger partial charge < -0.3 is 20.4 Å². The van der Waals surface area contributed by atoms with Crippen LogP contribution in [-0.4, -0.2) is 51.4 Å². The van der Waals surface area contributed by atoms with Gasteiger partial charge in [0, 0.05) is 24.4 Å². The van der Waals surface area contributed by atoms with Crippen LogP contribution in [0.25, 0.3) is 0 Å². The number of nitrogens with zero attached hydrogens (tertiary/aromatic N) is 1. The summed E-state index contributed by atoms with van der Waals surface area (Å²) in [4.78, 5) is 53.2. The zero-order valence-corrected chi connectivity index (χ0v) is 24.9. The molecule has 230 valence electrons. The van der Waals surface area contributed by atoms with E-state index in [1.54, 1.807) is 0 Å². The van der Waals surface area contributed by atoms with Crippen molar-refractivity contribution in [2.24, 2.45) is 11.8 Å². The number of fused-ring (bicyclic) bond motifs is 2. The van der Waals surface area contributed by atoms with E-state index in [2.05, 4.69) is 10.6 Å². The number of hydrogen-bond acceptors (Lipinski definition) is 4. The smallest absolute Gasteiger partial charge is 0.245 e. The molecule has 0 spiro atoms. The molecule has 4 aliphatic rings. The molecule has 2 saturated carbocycles. The van der Waals surface area contributed by atoms with Crippen LogP contribution in [0.15, 0.2) is 30.4 Å². The molecular weight excluding hydrogens is 563 g/mol. The van der Waals surface area contributed by atoms with Crippen molar-refractivity contribution in [3.63, 3.8) is 0 Å². The molecule has 5 atom stereocenters. The van der Waals surface area contributed by atoms with E-state index in [4.69, 9.17) is 0 Å². The Labute approximate surface area is 246 Å². The minimum Gasteiger partial charge on any atom is -0.344 e. The standard InChI is InChI=1S/C31H42F2N3O5P/c32-24-13-8-14-25(33)23(24)20-42(40,41)31-19-22(31)12-4-2-1-3-5-15-26(34-28(37)18-21-10-6-7-11-21)30(39)36-17-9-16-27(36)29(38)35-31/h4,8,12-14,21-22,26-27H,1-3,5-7,9-11,15-20H2,(H,34,37)(H,35,38)(H,40,41)/b12-4-/t22-,26+,27+,31+/m1/s1. The fourth-order valence-corrected chi connectivity index (χ4v) is 9.39. The van der Waals surface area contributed by atoms with Gasteiger partial charge in [-0.25, -0.2) is 8.78 Å². The highest BCUT2D eigenvalue weighted by Gasteiger charge is 2.66. The molecule has 2 heterocycles. The number of halogens is 2. The molecule has 0 radical (unpaired) electrons. The molecule has 42 heavy (non-hydrogen) atoms. The SMILES string of the molecule is O=C(CC1CCCC1)N[C@H]1CCCCC/C=C\[C@@H]2C[C@@]2(P(=O)(O)Cc2c(F)cccc2F)NC(=O)[C@@H]2CCCN2C1=O. The van der Waals surface area contributed by atoms with Crippen LogP contribution in [0.5, 0.6) is 0 Å². The second-order valence-electron chi connectivity index (χ2n) is 12.5. The topological polar surface area (TPSA) is 116 Å². The zero-order chi connectivity index (χ0) is 29.9. The van der Waals surface area contributed by atoms with Gasteiger partial charge in [0.05, 0.1) is 6.16 Å². The summed E-state index contributed by atoms with van der Waals surface area (Å²) in [6.45, 7) is 0.347. The highest BCUT2D eigenvalue weighted by atomic mass is 31.2. The average molecular weight is 606 g/mol. The van der Waals surface area contributed by atoms with Gasteiger partial charge in [0.15, 0.2) is 0 Å². The fraction of sp³-hybridized carbons (Fsp3) is 0.645. The molecule has 1 saturated heterocycles. The monoisotopic (exact) mass is 605 g/mol. The summed E-state index contributed by atoms with van der Waals surface area (Å²) in [7, 11) is -4.37. The summed E-state index contributed by atoms with van der Waals surface area (Å²) in [5, 5.41) is 4.21. The van der Waals surface area contributed by atoms with Crippen molar-refractivity contribution in [1.82, 2.24) is 15.5 Å². The molecule has 5 rings (SSSR count). The Morgan fingerprint density at radius 1 is 1.05 bits per heavy atom. The predicted molar refractivity (Wildman–Crippen MR) is 154 cm³/mol. The van der Waals surface area contributed by atoms with Gasteiger partial charge in [-0.1, -0.05) is 43.9 Å². The molecule has 8 nitrogen and oxygen atoms in total. The first kappa shape index (κ1) is 30.9. The summed E-state index contributed by atoms with van der Waals surface area (Å²) >= 11 is 0. The summed E-state index contributed by atoms with van der Waals surface area (Å²) < 4.78 is 42.8. The lowest BCUT2D eigenvalue weighted by molar-refractivity contribution is -0.141. The normalized spacial score (nSPS) is 31.2. The molecule has 2 aliphatic heterocycles. The van der Waals surface area contributed by atoms with Crippen LogP contribution in [0.1, 0.15) is 89.0 Å². The summed E-state index contributed by atoms with van der Waals surface area (Å²) in [5.41, 5.74) is -0.480. The molecule has 2 aliphatic carbocycles. The maximum absolute atomic E-state index is 14.5. The second kappa shape index (κ2) is 13.0. The van der Waals surface area contributed by atoms with Crippen LogP contribution in [0.2, 0.25) is 0 Å². The van der Waals surface area contributed by atoms with Gasteiger partial charge in [-0.3, -0.25) is 18.9 Å². The van der Waals surface area contributed by atoms with Gasteiger partial charge in [-0.05, 0) is 69.4 Å². The quantitative estimate of drug-likeness (QED) is 0.307. The molecule has 11 heteroatoms. The molecule has 1 aromatic carbocycles. The van der Waals surface area contributed by atoms with E-state index in [1.807, 2.05) is 12.2 Å². The van der Waals surface area contributed by atoms with E-state index in [0.717, 1.165) is 57.1 Å². The number of benzene rings is 1. The number of nitrogens with one attached hydrogen (secondary N) is 2. The molecule has 0 bridgehead atoms. The number of carbonyl (C=O) groups is 3. The average Bonchev–Trinajstić information content (AvgIpc) is 3.27. The fourth-order valence-electron chi connectivity index (χ4n) is 7.01. The largest absolute Gasteiger partial charge is 0.344 e. The zero-order valence-electron chi connectivity index (χ0n) is 24.0. The first-order chi connectivity index (χ1) is 20.1. The van der Waals surface area contributed by atoms with Crippen LogP contribution in [-0.2, 0) is 25.1 Å². The molecule has 3 fully saturated rings. The lowest BCUT2D eigenvalue weighted by atomic mass is 10.0. The van der Waals surface area contributed by atoms with Crippen molar-refractivity contribution in [2.45, 2.75) is 107 Å². The van der Waals surface area contributed by atoms with E-state index in [1.165, 1.54) is 11.0 Å². The third kappa shape index (κ3) is 6.65. The first-order valence-corrected chi connectivity index (χ1v) is 17.3. The van der Waals surface area contributed by atoms with Crippen LogP contribution in [0.4, 0.5) is 8.78 Å². The minimum absolute atomic E-state index is 0.136. The maximum Gasteiger partial charge on any atom is 0.245 e. The van der Waals surface area contributed by atoms with Crippen molar-refractivity contribution >= 4 is 25.1 Å². The Kier molecular flexibility index (Phi) is 9.53. The van der Waals surface area contributed by atoms with Crippen LogP contribution < -0.4 is 10.6 Å². The van der Waals surface area contributed by atoms with E-state index >= 15 is 0 Å². The van der Waals surface area contributed by atoms with Crippen LogP contribution in [0, 0.1) is 23.5 Å². The second-order valence-corrected chi connectivity index (χ2v) is 15.0. The Morgan fingerprint density at radius 2 is 1.76 bits per heavy atom. The molecule has 1 unspecified atom stereocenters. The van der Waals surface area contributed by atoms with E-state index in [-0.39, 0.29) is 18.2 Å². The number of rotatable bonds is 6. The predicted octanol–water partition coefficient (Wildman–Crippen LogP) is 5.14. The number of carbonyl (C=O) groups excluding carboxylic acids is 3.